The van der Waals surface area contributed by atoms with Crippen molar-refractivity contribution in [2.45, 2.75) is 12.5 Å². The number of benzene rings is 1. The van der Waals surface area contributed by atoms with Crippen LogP contribution in [0.1, 0.15) is 17.4 Å². The standard InChI is InChI=1S/C12H11ClFN3/c13-9-3-2-8(6-10(9)14)7-11(15)12-16-4-1-5-17-12/h1-6,11H,7,15H2. The molecule has 0 radical (unpaired) electrons. The van der Waals surface area contributed by atoms with Gasteiger partial charge in [-0.15, -0.1) is 0 Å². The van der Waals surface area contributed by atoms with E-state index in [2.05, 4.69) is 9.97 Å². The van der Waals surface area contributed by atoms with Gasteiger partial charge in [-0.1, -0.05) is 17.7 Å². The van der Waals surface area contributed by atoms with Gasteiger partial charge in [0.25, 0.3) is 0 Å². The predicted octanol–water partition coefficient (Wildman–Crippen LogP) is 2.51. The Hall–Kier alpha value is -1.52. The Bertz CT molecular complexity index is 504. The summed E-state index contributed by atoms with van der Waals surface area (Å²) in [5.74, 6) is 0.105. The zero-order valence-corrected chi connectivity index (χ0v) is 9.73. The van der Waals surface area contributed by atoms with E-state index in [0.29, 0.717) is 12.2 Å². The molecule has 0 saturated carbocycles. The number of hydrogen-bond acceptors (Lipinski definition) is 3. The van der Waals surface area contributed by atoms with Gasteiger partial charge in [0.05, 0.1) is 11.1 Å². The summed E-state index contributed by atoms with van der Waals surface area (Å²) in [6.07, 6.45) is 3.73. The second-order valence-corrected chi connectivity index (χ2v) is 4.07. The van der Waals surface area contributed by atoms with Crippen molar-refractivity contribution in [2.75, 3.05) is 0 Å². The zero-order chi connectivity index (χ0) is 12.3. The molecule has 5 heteroatoms. The lowest BCUT2D eigenvalue weighted by atomic mass is 10.1. The van der Waals surface area contributed by atoms with Gasteiger partial charge in [-0.25, -0.2) is 14.4 Å². The summed E-state index contributed by atoms with van der Waals surface area (Å²) in [6, 6.07) is 6.01. The van der Waals surface area contributed by atoms with E-state index in [0.717, 1.165) is 5.56 Å². The van der Waals surface area contributed by atoms with Crippen molar-refractivity contribution in [2.24, 2.45) is 5.73 Å². The molecular weight excluding hydrogens is 241 g/mol. The van der Waals surface area contributed by atoms with Crippen LogP contribution in [-0.2, 0) is 6.42 Å². The summed E-state index contributed by atoms with van der Waals surface area (Å²) >= 11 is 5.60. The van der Waals surface area contributed by atoms with Gasteiger partial charge in [-0.05, 0) is 30.2 Å². The third-order valence-electron chi connectivity index (χ3n) is 2.36. The Morgan fingerprint density at radius 2 is 2.00 bits per heavy atom. The zero-order valence-electron chi connectivity index (χ0n) is 8.98. The Labute approximate surface area is 103 Å². The van der Waals surface area contributed by atoms with E-state index in [1.165, 1.54) is 12.1 Å². The summed E-state index contributed by atoms with van der Waals surface area (Å²) < 4.78 is 13.2. The van der Waals surface area contributed by atoms with Crippen LogP contribution < -0.4 is 5.73 Å². The number of aromatic nitrogens is 2. The summed E-state index contributed by atoms with van der Waals surface area (Å²) in [5.41, 5.74) is 6.70. The minimum Gasteiger partial charge on any atom is -0.321 e. The molecule has 0 aliphatic rings. The van der Waals surface area contributed by atoms with Crippen molar-refractivity contribution in [1.29, 1.82) is 0 Å². The van der Waals surface area contributed by atoms with E-state index in [1.807, 2.05) is 0 Å². The average molecular weight is 252 g/mol. The molecule has 1 aromatic carbocycles. The van der Waals surface area contributed by atoms with Gasteiger partial charge >= 0.3 is 0 Å². The topological polar surface area (TPSA) is 51.8 Å². The van der Waals surface area contributed by atoms with Gasteiger partial charge in [0.15, 0.2) is 0 Å². The monoisotopic (exact) mass is 251 g/mol. The Kier molecular flexibility index (Phi) is 3.66. The maximum absolute atomic E-state index is 13.2. The molecule has 1 atom stereocenters. The van der Waals surface area contributed by atoms with Crippen molar-refractivity contribution in [3.05, 3.63) is 58.9 Å². The van der Waals surface area contributed by atoms with Gasteiger partial charge in [0, 0.05) is 12.4 Å². The molecule has 0 fully saturated rings. The lowest BCUT2D eigenvalue weighted by Crippen LogP contribution is -2.16. The fraction of sp³-hybridized carbons (Fsp3) is 0.167. The largest absolute Gasteiger partial charge is 0.321 e. The highest BCUT2D eigenvalue weighted by molar-refractivity contribution is 6.30. The van der Waals surface area contributed by atoms with Crippen LogP contribution in [0.4, 0.5) is 4.39 Å². The molecule has 0 spiro atoms. The number of nitrogens with zero attached hydrogens (tertiary/aromatic N) is 2. The quantitative estimate of drug-likeness (QED) is 0.912. The third-order valence-corrected chi connectivity index (χ3v) is 2.66. The number of nitrogens with two attached hydrogens (primary N) is 1. The molecule has 0 amide bonds. The molecule has 0 bridgehead atoms. The van der Waals surface area contributed by atoms with E-state index in [9.17, 15) is 4.39 Å². The molecule has 0 saturated heterocycles. The van der Waals surface area contributed by atoms with Gasteiger partial charge < -0.3 is 5.73 Å². The van der Waals surface area contributed by atoms with Crippen LogP contribution in [0.3, 0.4) is 0 Å². The number of halogens is 2. The summed E-state index contributed by atoms with van der Waals surface area (Å²) in [4.78, 5) is 8.12. The summed E-state index contributed by atoms with van der Waals surface area (Å²) in [7, 11) is 0. The Balaban J connectivity index is 2.13. The van der Waals surface area contributed by atoms with Gasteiger partial charge in [-0.3, -0.25) is 0 Å². The maximum atomic E-state index is 13.2. The van der Waals surface area contributed by atoms with E-state index in [1.54, 1.807) is 24.5 Å². The second kappa shape index (κ2) is 5.21. The van der Waals surface area contributed by atoms with Crippen LogP contribution >= 0.6 is 11.6 Å². The lowest BCUT2D eigenvalue weighted by molar-refractivity contribution is 0.618. The van der Waals surface area contributed by atoms with Gasteiger partial charge in [0.1, 0.15) is 11.6 Å². The summed E-state index contributed by atoms with van der Waals surface area (Å²) in [6.45, 7) is 0. The van der Waals surface area contributed by atoms with Crippen LogP contribution in [0, 0.1) is 5.82 Å². The van der Waals surface area contributed by atoms with Crippen LogP contribution in [0.15, 0.2) is 36.7 Å². The van der Waals surface area contributed by atoms with Crippen molar-refractivity contribution in [1.82, 2.24) is 9.97 Å². The van der Waals surface area contributed by atoms with Crippen molar-refractivity contribution in [3.8, 4) is 0 Å². The highest BCUT2D eigenvalue weighted by Crippen LogP contribution is 2.18. The summed E-state index contributed by atoms with van der Waals surface area (Å²) in [5, 5.41) is 0.110. The average Bonchev–Trinajstić information content (AvgIpc) is 2.35. The molecule has 0 aliphatic heterocycles. The highest BCUT2D eigenvalue weighted by Gasteiger charge is 2.10. The van der Waals surface area contributed by atoms with E-state index >= 15 is 0 Å². The molecule has 2 aromatic rings. The molecule has 1 aromatic heterocycles. The van der Waals surface area contributed by atoms with E-state index < -0.39 is 5.82 Å². The third kappa shape index (κ3) is 2.99. The molecule has 2 rings (SSSR count). The molecule has 1 unspecified atom stereocenters. The SMILES string of the molecule is NC(Cc1ccc(Cl)c(F)c1)c1ncccn1. The molecule has 17 heavy (non-hydrogen) atoms. The van der Waals surface area contributed by atoms with E-state index in [4.69, 9.17) is 17.3 Å². The minimum atomic E-state index is -0.439. The Morgan fingerprint density at radius 3 is 2.65 bits per heavy atom. The molecule has 88 valence electrons. The van der Waals surface area contributed by atoms with Crippen molar-refractivity contribution in [3.63, 3.8) is 0 Å². The van der Waals surface area contributed by atoms with Gasteiger partial charge in [-0.2, -0.15) is 0 Å². The van der Waals surface area contributed by atoms with Gasteiger partial charge in [0.2, 0.25) is 0 Å². The fourth-order valence-electron chi connectivity index (χ4n) is 1.51. The lowest BCUT2D eigenvalue weighted by Gasteiger charge is -2.10. The number of hydrogen-bond donors (Lipinski definition) is 1. The van der Waals surface area contributed by atoms with Crippen molar-refractivity contribution >= 4 is 11.6 Å². The smallest absolute Gasteiger partial charge is 0.145 e. The number of rotatable bonds is 3. The first-order chi connectivity index (χ1) is 8.16. The van der Waals surface area contributed by atoms with Crippen LogP contribution in [0.5, 0.6) is 0 Å². The predicted molar refractivity (Wildman–Crippen MR) is 64.1 cm³/mol. The van der Waals surface area contributed by atoms with Crippen LogP contribution in [0.25, 0.3) is 0 Å². The maximum Gasteiger partial charge on any atom is 0.145 e. The van der Waals surface area contributed by atoms with Crippen LogP contribution in [0.2, 0.25) is 5.02 Å². The molecule has 3 nitrogen and oxygen atoms in total. The normalized spacial score (nSPS) is 12.4. The molecule has 0 aliphatic carbocycles. The highest BCUT2D eigenvalue weighted by atomic mass is 35.5. The van der Waals surface area contributed by atoms with Crippen LogP contribution in [-0.4, -0.2) is 9.97 Å². The Morgan fingerprint density at radius 1 is 1.29 bits per heavy atom. The molecule has 2 N–H and O–H groups in total. The molecular formula is C12H11ClFN3. The van der Waals surface area contributed by atoms with E-state index in [-0.39, 0.29) is 11.1 Å². The fourth-order valence-corrected chi connectivity index (χ4v) is 1.63. The first kappa shape index (κ1) is 12.0. The first-order valence-electron chi connectivity index (χ1n) is 5.13. The first-order valence-corrected chi connectivity index (χ1v) is 5.51. The molecule has 1 heterocycles. The second-order valence-electron chi connectivity index (χ2n) is 3.67. The van der Waals surface area contributed by atoms with Crippen molar-refractivity contribution < 1.29 is 4.39 Å². The minimum absolute atomic E-state index is 0.110.